The lowest BCUT2D eigenvalue weighted by Crippen LogP contribution is -3.12. The summed E-state index contributed by atoms with van der Waals surface area (Å²) in [6, 6.07) is 27.3. The average Bonchev–Trinajstić information content (AvgIpc) is 3.34. The van der Waals surface area contributed by atoms with Crippen molar-refractivity contribution in [2.45, 2.75) is 50.6 Å². The molecule has 2 unspecified atom stereocenters. The number of hydrogen-bond acceptors (Lipinski definition) is 8. The number of carbonyl (C=O) groups excluding carboxylic acids is 2. The highest BCUT2D eigenvalue weighted by molar-refractivity contribution is 5.65. The summed E-state index contributed by atoms with van der Waals surface area (Å²) in [4.78, 5) is 37.2. The predicted molar refractivity (Wildman–Crippen MR) is 189 cm³/mol. The average molecular weight is 677 g/mol. The molecule has 0 saturated carbocycles. The Bertz CT molecular complexity index is 1650. The molecule has 6 heterocycles. The van der Waals surface area contributed by atoms with Crippen LogP contribution < -0.4 is 29.8 Å². The molecule has 2 saturated heterocycles. The molecule has 4 atom stereocenters. The van der Waals surface area contributed by atoms with Crippen LogP contribution in [0.4, 0.5) is 11.6 Å². The summed E-state index contributed by atoms with van der Waals surface area (Å²) in [5, 5.41) is 19.5. The molecule has 4 aliphatic heterocycles. The van der Waals surface area contributed by atoms with Crippen molar-refractivity contribution < 1.29 is 29.6 Å². The lowest BCUT2D eigenvalue weighted by molar-refractivity contribution is -0.883. The van der Waals surface area contributed by atoms with Gasteiger partial charge in [-0.1, -0.05) is 60.7 Å². The molecule has 2 fully saturated rings. The number of benzene rings is 2. The number of rotatable bonds is 5. The van der Waals surface area contributed by atoms with E-state index in [1.165, 1.54) is 58.1 Å². The molecule has 262 valence electrons. The summed E-state index contributed by atoms with van der Waals surface area (Å²) >= 11 is 0. The molecule has 0 bridgehead atoms. The third-order valence-electron chi connectivity index (χ3n) is 10.3. The first-order valence-electron chi connectivity index (χ1n) is 17.9. The first-order chi connectivity index (χ1) is 24.3. The lowest BCUT2D eigenvalue weighted by Gasteiger charge is -2.38. The maximum atomic E-state index is 9.77. The Balaban J connectivity index is 0.000000138. The van der Waals surface area contributed by atoms with Crippen LogP contribution in [-0.4, -0.2) is 75.3 Å². The molecule has 0 amide bonds. The zero-order valence-electron chi connectivity index (χ0n) is 29.1. The van der Waals surface area contributed by atoms with E-state index in [0.717, 1.165) is 39.0 Å². The van der Waals surface area contributed by atoms with Crippen molar-refractivity contribution in [2.75, 3.05) is 63.2 Å². The zero-order chi connectivity index (χ0) is 35.0. The largest absolute Gasteiger partial charge is 0.550 e. The smallest absolute Gasteiger partial charge is 0.132 e. The van der Waals surface area contributed by atoms with Crippen molar-refractivity contribution in [1.82, 2.24) is 9.97 Å². The quantitative estimate of drug-likeness (QED) is 0.287. The highest BCUT2D eigenvalue weighted by Crippen LogP contribution is 2.37. The van der Waals surface area contributed by atoms with Crippen LogP contribution in [0.2, 0.25) is 0 Å². The molecule has 4 aliphatic rings. The van der Waals surface area contributed by atoms with Gasteiger partial charge >= 0.3 is 0 Å². The Labute approximate surface area is 295 Å². The third-order valence-corrected chi connectivity index (χ3v) is 10.3. The van der Waals surface area contributed by atoms with Crippen LogP contribution in [-0.2, 0) is 22.4 Å². The van der Waals surface area contributed by atoms with Gasteiger partial charge < -0.3 is 39.4 Å². The second-order valence-electron chi connectivity index (χ2n) is 13.9. The fourth-order valence-electron chi connectivity index (χ4n) is 7.72. The van der Waals surface area contributed by atoms with E-state index in [1.807, 2.05) is 12.4 Å². The molecule has 10 heteroatoms. The first-order valence-corrected chi connectivity index (χ1v) is 17.9. The number of hydrogen-bond donors (Lipinski definition) is 2. The van der Waals surface area contributed by atoms with Gasteiger partial charge in [0.25, 0.3) is 0 Å². The number of aromatic nitrogens is 2. The van der Waals surface area contributed by atoms with Crippen LogP contribution >= 0.6 is 0 Å². The number of pyridine rings is 2. The van der Waals surface area contributed by atoms with E-state index in [-0.39, 0.29) is 12.8 Å². The molecular weight excluding hydrogens is 628 g/mol. The number of carboxylic acids is 2. The van der Waals surface area contributed by atoms with Crippen molar-refractivity contribution in [1.29, 1.82) is 0 Å². The van der Waals surface area contributed by atoms with Crippen molar-refractivity contribution >= 4 is 23.6 Å². The van der Waals surface area contributed by atoms with Crippen LogP contribution in [0.15, 0.2) is 85.2 Å². The van der Waals surface area contributed by atoms with Gasteiger partial charge in [-0.3, -0.25) is 0 Å². The molecule has 2 aromatic carbocycles. The van der Waals surface area contributed by atoms with Crippen LogP contribution in [0.25, 0.3) is 0 Å². The fraction of sp³-hybridized carbons (Fsp3) is 0.400. The van der Waals surface area contributed by atoms with Crippen LogP contribution in [0, 0.1) is 0 Å². The first kappa shape index (κ1) is 35.0. The van der Waals surface area contributed by atoms with Gasteiger partial charge in [-0.25, -0.2) is 9.97 Å². The van der Waals surface area contributed by atoms with Gasteiger partial charge in [-0.2, -0.15) is 0 Å². The second-order valence-corrected chi connectivity index (χ2v) is 13.9. The Hall–Kier alpha value is -4.80. The highest BCUT2D eigenvalue weighted by Gasteiger charge is 2.36. The van der Waals surface area contributed by atoms with Gasteiger partial charge in [-0.15, -0.1) is 0 Å². The zero-order valence-corrected chi connectivity index (χ0v) is 29.1. The van der Waals surface area contributed by atoms with Gasteiger partial charge in [0.05, 0.1) is 40.3 Å². The Morgan fingerprint density at radius 1 is 0.640 bits per heavy atom. The maximum absolute atomic E-state index is 9.77. The molecule has 2 aromatic heterocycles. The van der Waals surface area contributed by atoms with Crippen LogP contribution in [0.1, 0.15) is 71.1 Å². The monoisotopic (exact) mass is 676 g/mol. The number of unbranched alkanes of at least 4 members (excludes halogenated alkanes) is 1. The molecule has 10 nitrogen and oxygen atoms in total. The number of carboxylic acid groups (broad SMARTS) is 2. The Morgan fingerprint density at radius 2 is 1.04 bits per heavy atom. The molecule has 8 rings (SSSR count). The number of carbonyl (C=O) groups is 2. The summed E-state index contributed by atoms with van der Waals surface area (Å²) in [6.07, 6.45) is 6.40. The predicted octanol–water partition coefficient (Wildman–Crippen LogP) is 0.170. The molecule has 0 radical (unpaired) electrons. The molecule has 0 spiro atoms. The number of fused-ring (bicyclic) bond motifs is 10. The minimum absolute atomic E-state index is 0.0761. The molecule has 50 heavy (non-hydrogen) atoms. The van der Waals surface area contributed by atoms with Crippen molar-refractivity contribution in [2.24, 2.45) is 0 Å². The van der Waals surface area contributed by atoms with Gasteiger partial charge in [-0.05, 0) is 71.2 Å². The molecular formula is C40H48N6O4. The van der Waals surface area contributed by atoms with Crippen LogP contribution in [0.3, 0.4) is 0 Å². The minimum atomic E-state index is -1.14. The molecule has 2 N–H and O–H groups in total. The van der Waals surface area contributed by atoms with Crippen LogP contribution in [0.5, 0.6) is 0 Å². The van der Waals surface area contributed by atoms with E-state index in [2.05, 4.69) is 107 Å². The van der Waals surface area contributed by atoms with E-state index in [9.17, 15) is 19.8 Å². The normalized spacial score (nSPS) is 21.3. The highest BCUT2D eigenvalue weighted by atomic mass is 16.4. The van der Waals surface area contributed by atoms with E-state index >= 15 is 0 Å². The summed E-state index contributed by atoms with van der Waals surface area (Å²) in [7, 11) is 4.59. The number of aliphatic carboxylic acids is 2. The number of nitrogens with zero attached hydrogens (tertiary/aromatic N) is 4. The number of nitrogens with one attached hydrogen (secondary N) is 2. The van der Waals surface area contributed by atoms with Gasteiger partial charge in [0.15, 0.2) is 0 Å². The number of quaternary nitrogens is 2. The maximum Gasteiger partial charge on any atom is 0.132 e. The third kappa shape index (κ3) is 8.31. The molecule has 0 aliphatic carbocycles. The standard InChI is InChI=1S/2C17H19N3.C6H10O4/c2*1-19-9-10-20-16(12-19)15-7-3-2-5-13(15)11-14-6-4-8-18-17(14)20;7-5(8)3-1-2-4-6(9)10/h2*2-8,16H,9-12H2,1H3;1-4H2,(H,7,8)(H,9,10)/t2*16-;/m10./s1. The van der Waals surface area contributed by atoms with E-state index in [1.54, 1.807) is 9.80 Å². The number of piperazine rings is 2. The van der Waals surface area contributed by atoms with E-state index in [4.69, 9.17) is 0 Å². The van der Waals surface area contributed by atoms with Gasteiger partial charge in [0, 0.05) is 37.2 Å². The van der Waals surface area contributed by atoms with Gasteiger partial charge in [0.1, 0.15) is 36.8 Å². The van der Waals surface area contributed by atoms with E-state index < -0.39 is 11.9 Å². The number of likely N-dealkylation sites (N-methyl/N-ethyl adjacent to an activating group) is 2. The van der Waals surface area contributed by atoms with Crippen molar-refractivity contribution in [3.63, 3.8) is 0 Å². The summed E-state index contributed by atoms with van der Waals surface area (Å²) in [5.41, 5.74) is 8.63. The SMILES string of the molecule is C[NH+]1CCN2c3ncccc3Cc3ccccc3[C@@H]2C1.C[NH+]1CCN2c3ncccc3Cc3ccccc3[C@H]2C1.O=C([O-])CCCCC(=O)[O-]. The molecule has 4 aromatic rings. The van der Waals surface area contributed by atoms with Crippen molar-refractivity contribution in [3.8, 4) is 0 Å². The fourth-order valence-corrected chi connectivity index (χ4v) is 7.72. The van der Waals surface area contributed by atoms with Gasteiger partial charge in [0.2, 0.25) is 0 Å². The van der Waals surface area contributed by atoms with Crippen molar-refractivity contribution in [3.05, 3.63) is 119 Å². The minimum Gasteiger partial charge on any atom is -0.550 e. The summed E-state index contributed by atoms with van der Waals surface area (Å²) in [5.74, 6) is 0.110. The number of anilines is 2. The van der Waals surface area contributed by atoms with E-state index in [0.29, 0.717) is 24.9 Å². The Morgan fingerprint density at radius 3 is 1.46 bits per heavy atom. The lowest BCUT2D eigenvalue weighted by atomic mass is 9.96. The Kier molecular flexibility index (Phi) is 11.4. The summed E-state index contributed by atoms with van der Waals surface area (Å²) in [6.45, 7) is 6.88. The topological polar surface area (TPSA) is 121 Å². The second kappa shape index (κ2) is 16.3. The summed E-state index contributed by atoms with van der Waals surface area (Å²) < 4.78 is 0.